The molecule has 1 aliphatic carbocycles. The zero-order chi connectivity index (χ0) is 24.1. The standard InChI is InChI=1S/C19H16Cl3F3N2O4S2/c20-11-12(21)16(22)33-15(11)18(19(23,24)25)5-9(27-31-18)13-7-3-1-2-4-8(7)14(32-13)17(30)26-6-10(28)29/h10,28-29H,1-6H2,(H,26,30). The Morgan fingerprint density at radius 1 is 1.15 bits per heavy atom. The molecule has 0 spiro atoms. The third-order valence-corrected chi connectivity index (χ3v) is 9.48. The van der Waals surface area contributed by atoms with Crippen molar-refractivity contribution in [3.63, 3.8) is 0 Å². The molecule has 0 saturated heterocycles. The number of thiophene rings is 2. The number of oxime groups is 1. The molecule has 1 amide bonds. The van der Waals surface area contributed by atoms with E-state index in [-0.39, 0.29) is 31.5 Å². The number of rotatable bonds is 5. The van der Waals surface area contributed by atoms with E-state index in [4.69, 9.17) is 49.9 Å². The molecular weight excluding hydrogens is 548 g/mol. The third-order valence-electron chi connectivity index (χ3n) is 5.44. The van der Waals surface area contributed by atoms with Crippen molar-refractivity contribution in [1.82, 2.24) is 5.32 Å². The number of hydrogen-bond acceptors (Lipinski definition) is 7. The lowest BCUT2D eigenvalue weighted by Crippen LogP contribution is -2.42. The highest BCUT2D eigenvalue weighted by molar-refractivity contribution is 7.18. The van der Waals surface area contributed by atoms with E-state index in [0.717, 1.165) is 35.3 Å². The molecule has 0 radical (unpaired) electrons. The van der Waals surface area contributed by atoms with Gasteiger partial charge in [0.25, 0.3) is 11.5 Å². The van der Waals surface area contributed by atoms with Gasteiger partial charge in [-0.1, -0.05) is 40.0 Å². The van der Waals surface area contributed by atoms with Gasteiger partial charge < -0.3 is 20.4 Å². The molecule has 0 saturated carbocycles. The van der Waals surface area contributed by atoms with Crippen LogP contribution < -0.4 is 5.32 Å². The monoisotopic (exact) mass is 562 g/mol. The van der Waals surface area contributed by atoms with Crippen LogP contribution in [0.1, 0.15) is 49.8 Å². The van der Waals surface area contributed by atoms with Crippen molar-refractivity contribution in [1.29, 1.82) is 0 Å². The minimum absolute atomic E-state index is 0.0495. The molecule has 2 aliphatic rings. The smallest absolute Gasteiger partial charge is 0.373 e. The highest BCUT2D eigenvalue weighted by Crippen LogP contribution is 2.56. The lowest BCUT2D eigenvalue weighted by Gasteiger charge is -2.28. The van der Waals surface area contributed by atoms with Crippen LogP contribution >= 0.6 is 57.5 Å². The Bertz CT molecular complexity index is 1130. The summed E-state index contributed by atoms with van der Waals surface area (Å²) >= 11 is 19.5. The first kappa shape index (κ1) is 25.0. The number of alkyl halides is 3. The average Bonchev–Trinajstić information content (AvgIpc) is 3.43. The largest absolute Gasteiger partial charge is 0.436 e. The molecule has 3 heterocycles. The fourth-order valence-electron chi connectivity index (χ4n) is 3.89. The van der Waals surface area contributed by atoms with Crippen LogP contribution in [0, 0.1) is 0 Å². The number of fused-ring (bicyclic) bond motifs is 1. The van der Waals surface area contributed by atoms with Crippen LogP contribution in [0.2, 0.25) is 14.4 Å². The van der Waals surface area contributed by atoms with E-state index in [1.54, 1.807) is 0 Å². The second-order valence-corrected chi connectivity index (χ2v) is 11.0. The van der Waals surface area contributed by atoms with E-state index in [2.05, 4.69) is 10.5 Å². The Morgan fingerprint density at radius 2 is 1.82 bits per heavy atom. The molecule has 1 aliphatic heterocycles. The van der Waals surface area contributed by atoms with Crippen molar-refractivity contribution in [3.05, 3.63) is 40.1 Å². The van der Waals surface area contributed by atoms with E-state index in [9.17, 15) is 18.0 Å². The zero-order valence-corrected chi connectivity index (χ0v) is 20.5. The summed E-state index contributed by atoms with van der Waals surface area (Å²) in [6, 6.07) is 0. The fraction of sp³-hybridized carbons (Fsp3) is 0.474. The zero-order valence-electron chi connectivity index (χ0n) is 16.6. The molecule has 180 valence electrons. The van der Waals surface area contributed by atoms with Crippen LogP contribution in [0.15, 0.2) is 5.16 Å². The van der Waals surface area contributed by atoms with Gasteiger partial charge in [-0.3, -0.25) is 4.79 Å². The van der Waals surface area contributed by atoms with E-state index in [1.165, 1.54) is 0 Å². The molecule has 0 fully saturated rings. The Hall–Kier alpha value is -1.08. The maximum atomic E-state index is 14.3. The number of halogens is 6. The summed E-state index contributed by atoms with van der Waals surface area (Å²) in [7, 11) is 0. The quantitative estimate of drug-likeness (QED) is 0.432. The van der Waals surface area contributed by atoms with Gasteiger partial charge in [0, 0.05) is 0 Å². The number of nitrogens with one attached hydrogen (secondary N) is 1. The Morgan fingerprint density at radius 3 is 2.39 bits per heavy atom. The molecule has 2 aromatic rings. The summed E-state index contributed by atoms with van der Waals surface area (Å²) in [6.07, 6.45) is -4.47. The predicted molar refractivity (Wildman–Crippen MR) is 121 cm³/mol. The summed E-state index contributed by atoms with van der Waals surface area (Å²) in [5.41, 5.74) is -1.31. The molecule has 4 rings (SSSR count). The fourth-order valence-corrected chi connectivity index (χ4v) is 7.20. The van der Waals surface area contributed by atoms with Crippen LogP contribution in [0.5, 0.6) is 0 Å². The van der Waals surface area contributed by atoms with Crippen molar-refractivity contribution in [2.45, 2.75) is 50.2 Å². The number of hydrogen-bond donors (Lipinski definition) is 3. The maximum Gasteiger partial charge on any atom is 0.436 e. The number of aliphatic hydroxyl groups excluding tert-OH is 1. The van der Waals surface area contributed by atoms with Crippen molar-refractivity contribution in [3.8, 4) is 0 Å². The molecule has 33 heavy (non-hydrogen) atoms. The van der Waals surface area contributed by atoms with Crippen LogP contribution in [0.25, 0.3) is 0 Å². The van der Waals surface area contributed by atoms with Gasteiger partial charge in [0.1, 0.15) is 10.0 Å². The normalized spacial score (nSPS) is 20.6. The first-order valence-electron chi connectivity index (χ1n) is 9.71. The van der Waals surface area contributed by atoms with Crippen molar-refractivity contribution in [2.24, 2.45) is 5.16 Å². The highest BCUT2D eigenvalue weighted by Gasteiger charge is 2.64. The summed E-state index contributed by atoms with van der Waals surface area (Å²) in [5.74, 6) is -0.529. The Labute approximate surface area is 208 Å². The predicted octanol–water partition coefficient (Wildman–Crippen LogP) is 5.27. The molecule has 0 aromatic carbocycles. The number of nitrogens with zero attached hydrogens (tertiary/aromatic N) is 1. The minimum Gasteiger partial charge on any atom is -0.373 e. The maximum absolute atomic E-state index is 14.3. The van der Waals surface area contributed by atoms with Gasteiger partial charge in [0.2, 0.25) is 0 Å². The van der Waals surface area contributed by atoms with Gasteiger partial charge >= 0.3 is 6.18 Å². The number of amides is 1. The van der Waals surface area contributed by atoms with Gasteiger partial charge in [0.05, 0.1) is 37.6 Å². The van der Waals surface area contributed by atoms with Gasteiger partial charge in [-0.25, -0.2) is 0 Å². The van der Waals surface area contributed by atoms with Crippen LogP contribution in [-0.4, -0.2) is 40.8 Å². The molecule has 3 N–H and O–H groups in total. The number of carbonyl (C=O) groups excluding carboxylic acids is 1. The topological polar surface area (TPSA) is 91.2 Å². The van der Waals surface area contributed by atoms with Crippen LogP contribution in [0.3, 0.4) is 0 Å². The first-order valence-corrected chi connectivity index (χ1v) is 12.5. The van der Waals surface area contributed by atoms with Gasteiger partial charge in [-0.05, 0) is 36.8 Å². The number of aliphatic hydroxyl groups is 2. The van der Waals surface area contributed by atoms with Crippen LogP contribution in [0.4, 0.5) is 13.2 Å². The van der Waals surface area contributed by atoms with Gasteiger partial charge in [0.15, 0.2) is 6.29 Å². The second kappa shape index (κ2) is 9.18. The molecule has 1 unspecified atom stereocenters. The Balaban J connectivity index is 1.73. The SMILES string of the molecule is O=C(NCC(O)O)c1sc(C2=NOC(c3sc(Cl)c(Cl)c3Cl)(C(F)(F)F)C2)c2c1CCCC2. The van der Waals surface area contributed by atoms with E-state index < -0.39 is 30.4 Å². The van der Waals surface area contributed by atoms with E-state index in [0.29, 0.717) is 33.9 Å². The lowest BCUT2D eigenvalue weighted by molar-refractivity contribution is -0.274. The first-order chi connectivity index (χ1) is 15.5. The molecule has 6 nitrogen and oxygen atoms in total. The van der Waals surface area contributed by atoms with Crippen molar-refractivity contribution in [2.75, 3.05) is 6.54 Å². The average molecular weight is 564 g/mol. The van der Waals surface area contributed by atoms with E-state index in [1.807, 2.05) is 0 Å². The summed E-state index contributed by atoms with van der Waals surface area (Å²) in [4.78, 5) is 18.1. The van der Waals surface area contributed by atoms with E-state index >= 15 is 0 Å². The van der Waals surface area contributed by atoms with Gasteiger partial charge in [-0.2, -0.15) is 13.2 Å². The van der Waals surface area contributed by atoms with Crippen molar-refractivity contribution >= 4 is 69.1 Å². The van der Waals surface area contributed by atoms with Gasteiger partial charge in [-0.15, -0.1) is 22.7 Å². The molecule has 0 bridgehead atoms. The highest BCUT2D eigenvalue weighted by atomic mass is 35.5. The molecule has 2 aromatic heterocycles. The minimum atomic E-state index is -4.88. The van der Waals surface area contributed by atoms with Crippen LogP contribution in [-0.2, 0) is 23.3 Å². The summed E-state index contributed by atoms with van der Waals surface area (Å²) in [5, 5.41) is 23.7. The molecule has 1 atom stereocenters. The molecule has 14 heteroatoms. The summed E-state index contributed by atoms with van der Waals surface area (Å²) in [6.45, 7) is -0.375. The third kappa shape index (κ3) is 4.37. The van der Waals surface area contributed by atoms with Crippen molar-refractivity contribution < 1.29 is 33.0 Å². The molecular formula is C19H16Cl3F3N2O4S2. The lowest BCUT2D eigenvalue weighted by atomic mass is 9.88. The number of carbonyl (C=O) groups is 1. The summed E-state index contributed by atoms with van der Waals surface area (Å²) < 4.78 is 42.9. The Kier molecular flexibility index (Phi) is 6.96. The second-order valence-electron chi connectivity index (χ2n) is 7.58.